The van der Waals surface area contributed by atoms with Gasteiger partial charge in [0.15, 0.2) is 0 Å². The number of nitrogens with zero attached hydrogens (tertiary/aromatic N) is 4. The molecule has 0 radical (unpaired) electrons. The minimum Gasteiger partial charge on any atom is -0.384 e. The lowest BCUT2D eigenvalue weighted by Gasteiger charge is -2.53. The molecule has 15 nitrogen and oxygen atoms in total. The van der Waals surface area contributed by atoms with Gasteiger partial charge in [0, 0.05) is 82.3 Å². The van der Waals surface area contributed by atoms with Gasteiger partial charge in [0.25, 0.3) is 23.6 Å². The van der Waals surface area contributed by atoms with Crippen LogP contribution in [0, 0.1) is 0 Å². The van der Waals surface area contributed by atoms with Gasteiger partial charge in [-0.2, -0.15) is 0 Å². The van der Waals surface area contributed by atoms with Gasteiger partial charge in [-0.05, 0) is 98.2 Å². The predicted molar refractivity (Wildman–Crippen MR) is 236 cm³/mol. The maximum absolute atomic E-state index is 13.5. The maximum atomic E-state index is 13.5. The number of imide groups is 2. The molecule has 2 fully saturated rings. The first-order chi connectivity index (χ1) is 30.4. The summed E-state index contributed by atoms with van der Waals surface area (Å²) in [6, 6.07) is 23.4. The average molecular weight is 855 g/mol. The molecule has 8 rings (SSSR count). The van der Waals surface area contributed by atoms with Gasteiger partial charge in [0.2, 0.25) is 17.7 Å². The summed E-state index contributed by atoms with van der Waals surface area (Å²) in [4.78, 5) is 94.1. The molecule has 1 saturated carbocycles. The van der Waals surface area contributed by atoms with E-state index in [4.69, 9.17) is 0 Å². The second-order valence-electron chi connectivity index (χ2n) is 17.2. The van der Waals surface area contributed by atoms with Crippen LogP contribution in [-0.4, -0.2) is 93.8 Å². The quantitative estimate of drug-likeness (QED) is 0.0846. The summed E-state index contributed by atoms with van der Waals surface area (Å²) in [6.45, 7) is 3.24. The minimum absolute atomic E-state index is 0.00976. The molecule has 3 aliphatic heterocycles. The van der Waals surface area contributed by atoms with E-state index in [9.17, 15) is 33.6 Å². The van der Waals surface area contributed by atoms with Crippen LogP contribution >= 0.6 is 0 Å². The Kier molecular flexibility index (Phi) is 12.6. The summed E-state index contributed by atoms with van der Waals surface area (Å²) in [7, 11) is 3.51. The zero-order valence-electron chi connectivity index (χ0n) is 35.8. The van der Waals surface area contributed by atoms with E-state index < -0.39 is 29.7 Å². The summed E-state index contributed by atoms with van der Waals surface area (Å²) in [6.07, 6.45) is 6.95. The van der Waals surface area contributed by atoms with Crippen molar-refractivity contribution in [2.75, 3.05) is 37.8 Å². The van der Waals surface area contributed by atoms with Gasteiger partial charge in [-0.15, -0.1) is 0 Å². The van der Waals surface area contributed by atoms with E-state index in [0.29, 0.717) is 55.1 Å². The number of fused-ring (bicyclic) bond motifs is 3. The van der Waals surface area contributed by atoms with E-state index in [2.05, 4.69) is 36.8 Å². The lowest BCUT2D eigenvalue weighted by atomic mass is 9.71. The Balaban J connectivity index is 0.745. The van der Waals surface area contributed by atoms with Crippen molar-refractivity contribution in [3.05, 3.63) is 118 Å². The Morgan fingerprint density at radius 3 is 2.29 bits per heavy atom. The topological polar surface area (TPSA) is 182 Å². The van der Waals surface area contributed by atoms with E-state index >= 15 is 0 Å². The zero-order valence-corrected chi connectivity index (χ0v) is 35.8. The fourth-order valence-electron chi connectivity index (χ4n) is 9.31. The molecular weight excluding hydrogens is 801 g/mol. The number of carbonyl (C=O) groups excluding carboxylic acids is 7. The number of anilines is 2. The number of piperidine rings is 1. The van der Waals surface area contributed by atoms with Gasteiger partial charge in [0.1, 0.15) is 11.7 Å². The number of nitrogens with one attached hydrogen (secondary N) is 4. The lowest BCUT2D eigenvalue weighted by molar-refractivity contribution is -0.136. The van der Waals surface area contributed by atoms with Gasteiger partial charge >= 0.3 is 0 Å². The van der Waals surface area contributed by atoms with Crippen molar-refractivity contribution in [2.24, 2.45) is 0 Å². The molecule has 4 aromatic rings. The Labute approximate surface area is 366 Å². The molecule has 328 valence electrons. The Morgan fingerprint density at radius 2 is 1.57 bits per heavy atom. The highest BCUT2D eigenvalue weighted by Crippen LogP contribution is 2.49. The number of unbranched alkanes of at least 4 members (excludes halogenated alkanes) is 3. The number of benzene rings is 3. The Hall–Kier alpha value is -6.61. The van der Waals surface area contributed by atoms with Crippen molar-refractivity contribution in [2.45, 2.75) is 95.4 Å². The smallest absolute Gasteiger partial charge is 0.268 e. The molecule has 1 aliphatic carbocycles. The molecule has 1 unspecified atom stereocenters. The van der Waals surface area contributed by atoms with E-state index in [-0.39, 0.29) is 47.2 Å². The van der Waals surface area contributed by atoms with Crippen molar-refractivity contribution in [1.29, 1.82) is 0 Å². The van der Waals surface area contributed by atoms with Crippen LogP contribution in [-0.2, 0) is 39.6 Å². The number of rotatable bonds is 16. The molecule has 0 bridgehead atoms. The molecule has 1 spiro atoms. The SMILES string of the molecule is CN(C)C(=O)c1ccc(CN2CCn3c(C(=O)NCc4ccc(NC(=O)CCCCCCNc5cccc6c5C(=O)N(C5CCC(=O)NC5=O)C6=O)cc4)ccc3C23CCC3)cc1. The van der Waals surface area contributed by atoms with Crippen LogP contribution in [0.15, 0.2) is 78.9 Å². The van der Waals surface area contributed by atoms with E-state index in [0.717, 1.165) is 67.6 Å². The van der Waals surface area contributed by atoms with Crippen LogP contribution in [0.1, 0.15) is 123 Å². The third kappa shape index (κ3) is 8.87. The summed E-state index contributed by atoms with van der Waals surface area (Å²) in [5, 5.41) is 11.5. The highest BCUT2D eigenvalue weighted by atomic mass is 16.2. The molecule has 15 heteroatoms. The lowest BCUT2D eigenvalue weighted by Crippen LogP contribution is -2.56. The first-order valence-electron chi connectivity index (χ1n) is 21.9. The standard InChI is InChI=1S/C48H54N8O7/c1-53(2)45(61)33-16-12-32(13-17-33)30-54-27-28-55-37(20-22-39(55)48(54)24-8-25-48)43(59)50-29-31-14-18-34(19-15-31)51-40(57)11-5-3-4-6-26-49-36-10-7-9-35-42(36)47(63)56(46(35)62)38-21-23-41(58)52-44(38)60/h7,9-10,12-20,22,38,49H,3-6,8,11,21,23-30H2,1-2H3,(H,50,59)(H,51,57)(H,52,58,60). The second-order valence-corrected chi connectivity index (χ2v) is 17.2. The van der Waals surface area contributed by atoms with Crippen LogP contribution < -0.4 is 21.3 Å². The summed E-state index contributed by atoms with van der Waals surface area (Å²) in [5.41, 5.74) is 6.20. The molecule has 63 heavy (non-hydrogen) atoms. The van der Waals surface area contributed by atoms with Gasteiger partial charge in [0.05, 0.1) is 16.7 Å². The van der Waals surface area contributed by atoms with Crippen molar-refractivity contribution in [3.8, 4) is 0 Å². The van der Waals surface area contributed by atoms with E-state index in [1.807, 2.05) is 54.6 Å². The van der Waals surface area contributed by atoms with Crippen LogP contribution in [0.4, 0.5) is 11.4 Å². The molecule has 7 amide bonds. The normalized spacial score (nSPS) is 17.7. The largest absolute Gasteiger partial charge is 0.384 e. The first kappa shape index (κ1) is 43.1. The zero-order chi connectivity index (χ0) is 44.3. The van der Waals surface area contributed by atoms with Gasteiger partial charge in [-0.1, -0.05) is 43.2 Å². The van der Waals surface area contributed by atoms with Gasteiger partial charge in [-0.3, -0.25) is 48.7 Å². The summed E-state index contributed by atoms with van der Waals surface area (Å²) >= 11 is 0. The molecule has 3 aromatic carbocycles. The van der Waals surface area contributed by atoms with Crippen molar-refractivity contribution in [3.63, 3.8) is 0 Å². The molecule has 1 saturated heterocycles. The van der Waals surface area contributed by atoms with Crippen molar-refractivity contribution in [1.82, 2.24) is 29.9 Å². The molecule has 4 aliphatic rings. The third-order valence-electron chi connectivity index (χ3n) is 12.9. The highest BCUT2D eigenvalue weighted by molar-refractivity contribution is 6.25. The Bertz CT molecular complexity index is 2440. The monoisotopic (exact) mass is 854 g/mol. The highest BCUT2D eigenvalue weighted by Gasteiger charge is 2.49. The van der Waals surface area contributed by atoms with E-state index in [1.165, 1.54) is 5.69 Å². The molecule has 4 N–H and O–H groups in total. The molecule has 4 heterocycles. The number of carbonyl (C=O) groups is 7. The molecule has 1 atom stereocenters. The number of hydrogen-bond donors (Lipinski definition) is 4. The number of amides is 7. The summed E-state index contributed by atoms with van der Waals surface area (Å²) in [5.74, 6) is -2.34. The van der Waals surface area contributed by atoms with Crippen molar-refractivity contribution < 1.29 is 33.6 Å². The molecule has 1 aromatic heterocycles. The minimum atomic E-state index is -1.01. The van der Waals surface area contributed by atoms with Gasteiger partial charge in [-0.25, -0.2) is 0 Å². The van der Waals surface area contributed by atoms with Crippen LogP contribution in [0.2, 0.25) is 0 Å². The molecular formula is C48H54N8O7. The number of hydrogen-bond acceptors (Lipinski definition) is 9. The van der Waals surface area contributed by atoms with Crippen LogP contribution in [0.5, 0.6) is 0 Å². The summed E-state index contributed by atoms with van der Waals surface area (Å²) < 4.78 is 2.18. The second kappa shape index (κ2) is 18.4. The van der Waals surface area contributed by atoms with Crippen molar-refractivity contribution >= 4 is 52.7 Å². The average Bonchev–Trinajstić information content (AvgIpc) is 3.80. The van der Waals surface area contributed by atoms with Gasteiger partial charge < -0.3 is 25.4 Å². The Morgan fingerprint density at radius 1 is 0.825 bits per heavy atom. The van der Waals surface area contributed by atoms with Crippen LogP contribution in [0.25, 0.3) is 0 Å². The van der Waals surface area contributed by atoms with E-state index in [1.54, 1.807) is 37.2 Å². The fraction of sp³-hybridized carbons (Fsp3) is 0.396. The van der Waals surface area contributed by atoms with Crippen LogP contribution in [0.3, 0.4) is 0 Å². The predicted octanol–water partition coefficient (Wildman–Crippen LogP) is 5.42. The first-order valence-corrected chi connectivity index (χ1v) is 21.9. The maximum Gasteiger partial charge on any atom is 0.268 e. The fourth-order valence-corrected chi connectivity index (χ4v) is 9.31. The third-order valence-corrected chi connectivity index (χ3v) is 12.9. The number of aromatic nitrogens is 1.